The number of nitrogens with one attached hydrogen (secondary N) is 1. The second-order valence-corrected chi connectivity index (χ2v) is 5.66. The van der Waals surface area contributed by atoms with Crippen LogP contribution in [0.25, 0.3) is 0 Å². The molecule has 138 valence electrons. The quantitative estimate of drug-likeness (QED) is 0.391. The molecule has 0 spiro atoms. The van der Waals surface area contributed by atoms with Gasteiger partial charge in [0, 0.05) is 10.5 Å². The Kier molecular flexibility index (Phi) is 5.98. The zero-order chi connectivity index (χ0) is 20.2. The average Bonchev–Trinajstić information content (AvgIpc) is 2.60. The fraction of sp³-hybridized carbons (Fsp3) is 0.0625. The first kappa shape index (κ1) is 20.1. The molecule has 0 aromatic heterocycles. The first-order valence-electron chi connectivity index (χ1n) is 6.83. The van der Waals surface area contributed by atoms with Crippen molar-refractivity contribution in [3.05, 3.63) is 52.0 Å². The third-order valence-corrected chi connectivity index (χ3v) is 3.67. The first-order chi connectivity index (χ1) is 12.7. The number of hydrazone groups is 1. The summed E-state index contributed by atoms with van der Waals surface area (Å²) >= 11 is 3.14. The second kappa shape index (κ2) is 8.01. The molecule has 0 aliphatic rings. The van der Waals surface area contributed by atoms with E-state index in [1.165, 1.54) is 30.3 Å². The predicted molar refractivity (Wildman–Crippen MR) is 87.9 cm³/mol. The number of hydrogen-bond donors (Lipinski definition) is 1. The molecule has 0 aliphatic carbocycles. The van der Waals surface area contributed by atoms with E-state index in [1.807, 2.05) is 0 Å². The maximum atomic E-state index is 13.9. The Morgan fingerprint density at radius 2 is 1.67 bits per heavy atom. The van der Waals surface area contributed by atoms with Crippen LogP contribution in [-0.4, -0.2) is 5.71 Å². The minimum Gasteiger partial charge on any atom is -0.451 e. The van der Waals surface area contributed by atoms with Crippen LogP contribution in [0, 0.1) is 34.3 Å². The second-order valence-electron chi connectivity index (χ2n) is 4.81. The molecule has 0 bridgehead atoms. The van der Waals surface area contributed by atoms with Gasteiger partial charge >= 0.3 is 6.18 Å². The summed E-state index contributed by atoms with van der Waals surface area (Å²) in [5.41, 5.74) is 0.582. The lowest BCUT2D eigenvalue weighted by atomic mass is 10.2. The minimum absolute atomic E-state index is 0.118. The Morgan fingerprint density at radius 1 is 1.07 bits per heavy atom. The van der Waals surface area contributed by atoms with Crippen LogP contribution in [0.3, 0.4) is 0 Å². The first-order valence-corrected chi connectivity index (χ1v) is 7.62. The van der Waals surface area contributed by atoms with Gasteiger partial charge in [-0.3, -0.25) is 5.43 Å². The van der Waals surface area contributed by atoms with Crippen molar-refractivity contribution in [1.82, 2.24) is 0 Å². The molecule has 2 aromatic rings. The van der Waals surface area contributed by atoms with Crippen LogP contribution in [0.15, 0.2) is 39.9 Å². The molecule has 0 saturated heterocycles. The molecule has 2 aromatic carbocycles. The van der Waals surface area contributed by atoms with Gasteiger partial charge < -0.3 is 4.74 Å². The summed E-state index contributed by atoms with van der Waals surface area (Å²) in [6.07, 6.45) is -4.91. The summed E-state index contributed by atoms with van der Waals surface area (Å²) in [6.45, 7) is 0. The van der Waals surface area contributed by atoms with Crippen LogP contribution in [-0.2, 0) is 6.18 Å². The van der Waals surface area contributed by atoms with Gasteiger partial charge in [-0.1, -0.05) is 0 Å². The number of hydrogen-bond acceptors (Lipinski definition) is 5. The number of halogens is 6. The number of alkyl halides is 3. The van der Waals surface area contributed by atoms with E-state index in [1.54, 1.807) is 0 Å². The van der Waals surface area contributed by atoms with E-state index < -0.39 is 34.8 Å². The third kappa shape index (κ3) is 4.92. The Labute approximate surface area is 157 Å². The summed E-state index contributed by atoms with van der Waals surface area (Å²) in [5.74, 6) is -4.22. The molecule has 0 aliphatic heterocycles. The smallest absolute Gasteiger partial charge is 0.416 e. The lowest BCUT2D eigenvalue weighted by molar-refractivity contribution is -0.138. The van der Waals surface area contributed by atoms with Gasteiger partial charge in [-0.15, -0.1) is 0 Å². The molecule has 27 heavy (non-hydrogen) atoms. The molecule has 0 heterocycles. The predicted octanol–water partition coefficient (Wildman–Crippen LogP) is 5.35. The monoisotopic (exact) mass is 444 g/mol. The molecule has 2 rings (SSSR count). The van der Waals surface area contributed by atoms with Crippen LogP contribution < -0.4 is 10.2 Å². The van der Waals surface area contributed by atoms with Crippen LogP contribution >= 0.6 is 15.9 Å². The largest absolute Gasteiger partial charge is 0.451 e. The lowest BCUT2D eigenvalue weighted by Gasteiger charge is -2.13. The molecule has 0 radical (unpaired) electrons. The maximum Gasteiger partial charge on any atom is 0.416 e. The van der Waals surface area contributed by atoms with E-state index in [2.05, 4.69) is 26.5 Å². The molecule has 0 unspecified atom stereocenters. The van der Waals surface area contributed by atoms with Gasteiger partial charge in [0.25, 0.3) is 0 Å². The number of rotatable bonds is 4. The fourth-order valence-electron chi connectivity index (χ4n) is 1.78. The number of nitriles is 2. The molecule has 0 saturated carbocycles. The molecule has 0 atom stereocenters. The maximum absolute atomic E-state index is 13.9. The lowest BCUT2D eigenvalue weighted by Crippen LogP contribution is -2.07. The van der Waals surface area contributed by atoms with Crippen molar-refractivity contribution in [1.29, 1.82) is 10.5 Å². The van der Waals surface area contributed by atoms with Gasteiger partial charge in [0.1, 0.15) is 17.9 Å². The van der Waals surface area contributed by atoms with Crippen LogP contribution in [0.5, 0.6) is 11.5 Å². The van der Waals surface area contributed by atoms with E-state index in [9.17, 15) is 22.0 Å². The molecular weight excluding hydrogens is 439 g/mol. The molecule has 0 amide bonds. The van der Waals surface area contributed by atoms with Crippen molar-refractivity contribution >= 4 is 27.3 Å². The van der Waals surface area contributed by atoms with Crippen molar-refractivity contribution in [3.8, 4) is 23.6 Å². The Bertz CT molecular complexity index is 953. The third-order valence-electron chi connectivity index (χ3n) is 2.98. The van der Waals surface area contributed by atoms with Gasteiger partial charge in [-0.05, 0) is 40.2 Å². The minimum atomic E-state index is -4.91. The number of nitrogens with zero attached hydrogens (tertiary/aromatic N) is 3. The van der Waals surface area contributed by atoms with Crippen molar-refractivity contribution in [2.24, 2.45) is 5.10 Å². The number of ether oxygens (including phenoxy) is 1. The van der Waals surface area contributed by atoms with Gasteiger partial charge in [-0.2, -0.15) is 28.8 Å². The van der Waals surface area contributed by atoms with Crippen molar-refractivity contribution in [3.63, 3.8) is 0 Å². The Hall–Kier alpha value is -3.18. The van der Waals surface area contributed by atoms with E-state index in [0.29, 0.717) is 4.47 Å². The van der Waals surface area contributed by atoms with Gasteiger partial charge in [-0.25, -0.2) is 8.78 Å². The highest BCUT2D eigenvalue weighted by molar-refractivity contribution is 9.10. The highest BCUT2D eigenvalue weighted by Gasteiger charge is 2.33. The molecule has 11 heteroatoms. The number of benzene rings is 2. The molecule has 0 fully saturated rings. The molecule has 5 nitrogen and oxygen atoms in total. The SMILES string of the molecule is N#CC(C#N)=NNc1cc(Oc2c(F)cc(C(F)(F)F)cc2F)ccc1Br. The van der Waals surface area contributed by atoms with E-state index >= 15 is 0 Å². The van der Waals surface area contributed by atoms with Crippen LogP contribution in [0.2, 0.25) is 0 Å². The summed E-state index contributed by atoms with van der Waals surface area (Å²) in [4.78, 5) is 0. The summed E-state index contributed by atoms with van der Waals surface area (Å²) in [5, 5.41) is 20.7. The van der Waals surface area contributed by atoms with Crippen LogP contribution in [0.4, 0.5) is 27.6 Å². The van der Waals surface area contributed by atoms with Crippen molar-refractivity contribution < 1.29 is 26.7 Å². The van der Waals surface area contributed by atoms with Gasteiger partial charge in [0.2, 0.25) is 5.71 Å². The topological polar surface area (TPSA) is 81.2 Å². The van der Waals surface area contributed by atoms with E-state index in [-0.39, 0.29) is 23.6 Å². The molecular formula is C16H6BrF5N4O. The summed E-state index contributed by atoms with van der Waals surface area (Å²) in [6, 6.07) is 7.15. The normalized spacial score (nSPS) is 10.5. The summed E-state index contributed by atoms with van der Waals surface area (Å²) in [7, 11) is 0. The molecule has 1 N–H and O–H groups in total. The summed E-state index contributed by atoms with van der Waals surface area (Å²) < 4.78 is 70.8. The van der Waals surface area contributed by atoms with Crippen molar-refractivity contribution in [2.45, 2.75) is 6.18 Å². The number of anilines is 1. The van der Waals surface area contributed by atoms with E-state index in [4.69, 9.17) is 15.3 Å². The van der Waals surface area contributed by atoms with Gasteiger partial charge in [0.15, 0.2) is 17.4 Å². The highest BCUT2D eigenvalue weighted by Crippen LogP contribution is 2.36. The Balaban J connectivity index is 2.34. The van der Waals surface area contributed by atoms with Crippen molar-refractivity contribution in [2.75, 3.05) is 5.43 Å². The zero-order valence-corrected chi connectivity index (χ0v) is 14.5. The average molecular weight is 445 g/mol. The fourth-order valence-corrected chi connectivity index (χ4v) is 2.12. The standard InChI is InChI=1S/C16H6BrF5N4O/c17-11-2-1-10(5-14(11)26-25-9(6-23)7-24)27-15-12(18)3-8(4-13(15)19)16(20,21)22/h1-5,26H. The van der Waals surface area contributed by atoms with Gasteiger partial charge in [0.05, 0.1) is 11.3 Å². The Morgan fingerprint density at radius 3 is 2.19 bits per heavy atom. The van der Waals surface area contributed by atoms with Crippen LogP contribution in [0.1, 0.15) is 5.56 Å². The zero-order valence-electron chi connectivity index (χ0n) is 12.9. The van der Waals surface area contributed by atoms with E-state index in [0.717, 1.165) is 0 Å². The highest BCUT2D eigenvalue weighted by atomic mass is 79.9.